The number of methoxy groups -OCH3 is 1. The Morgan fingerprint density at radius 3 is 2.47 bits per heavy atom. The van der Waals surface area contributed by atoms with E-state index in [4.69, 9.17) is 9.47 Å². The Hall–Kier alpha value is -0.770. The van der Waals surface area contributed by atoms with Crippen molar-refractivity contribution in [2.24, 2.45) is 0 Å². The Morgan fingerprint density at radius 1 is 1.33 bits per heavy atom. The second kappa shape index (κ2) is 4.84. The van der Waals surface area contributed by atoms with Gasteiger partial charge in [0.05, 0.1) is 6.10 Å². The number of alkyl carbamates (subject to hydrolysis) is 1. The molecule has 1 aliphatic carbocycles. The highest BCUT2D eigenvalue weighted by Crippen LogP contribution is 2.21. The Labute approximate surface area is 91.3 Å². The number of carbonyl (C=O) groups excluding carboxylic acids is 1. The van der Waals surface area contributed by atoms with Crippen molar-refractivity contribution in [1.29, 1.82) is 0 Å². The summed E-state index contributed by atoms with van der Waals surface area (Å²) >= 11 is 0. The summed E-state index contributed by atoms with van der Waals surface area (Å²) < 4.78 is 10.4. The number of hydrogen-bond donors (Lipinski definition) is 1. The third-order valence-corrected chi connectivity index (χ3v) is 2.44. The van der Waals surface area contributed by atoms with Gasteiger partial charge in [-0.1, -0.05) is 0 Å². The molecule has 0 aromatic carbocycles. The van der Waals surface area contributed by atoms with Gasteiger partial charge in [0.15, 0.2) is 0 Å². The first-order chi connectivity index (χ1) is 6.90. The molecule has 0 bridgehead atoms. The van der Waals surface area contributed by atoms with Crippen LogP contribution in [0.5, 0.6) is 0 Å². The molecule has 0 heterocycles. The van der Waals surface area contributed by atoms with Crippen molar-refractivity contribution in [3.05, 3.63) is 0 Å². The lowest BCUT2D eigenvalue weighted by Crippen LogP contribution is -2.38. The van der Waals surface area contributed by atoms with Crippen LogP contribution in [-0.4, -0.2) is 30.9 Å². The maximum atomic E-state index is 11.4. The number of carbonyl (C=O) groups is 1. The summed E-state index contributed by atoms with van der Waals surface area (Å²) in [7, 11) is 1.71. The highest BCUT2D eigenvalue weighted by molar-refractivity contribution is 5.68. The average molecular weight is 215 g/mol. The van der Waals surface area contributed by atoms with Crippen LogP contribution in [0.4, 0.5) is 4.79 Å². The molecule has 0 spiro atoms. The van der Waals surface area contributed by atoms with E-state index in [0.717, 1.165) is 19.3 Å². The van der Waals surface area contributed by atoms with E-state index in [2.05, 4.69) is 5.32 Å². The molecule has 1 fully saturated rings. The zero-order valence-corrected chi connectivity index (χ0v) is 10.0. The van der Waals surface area contributed by atoms with Gasteiger partial charge in [-0.05, 0) is 40.0 Å². The molecule has 0 aromatic rings. The molecule has 0 aromatic heterocycles. The van der Waals surface area contributed by atoms with Crippen molar-refractivity contribution in [2.75, 3.05) is 7.11 Å². The standard InChI is InChI=1S/C11H21NO3/c1-11(2,3)15-10(13)12-8-5-6-9(7-8)14-4/h8-9H,5-7H2,1-4H3,(H,12,13)/t8-,9+/m0/s1. The molecule has 2 atom stereocenters. The first-order valence-electron chi connectivity index (χ1n) is 5.43. The molecule has 1 saturated carbocycles. The Morgan fingerprint density at radius 2 is 2.00 bits per heavy atom. The average Bonchev–Trinajstić information content (AvgIpc) is 2.48. The van der Waals surface area contributed by atoms with Gasteiger partial charge in [0.2, 0.25) is 0 Å². The van der Waals surface area contributed by atoms with Crippen molar-refractivity contribution >= 4 is 6.09 Å². The summed E-state index contributed by atoms with van der Waals surface area (Å²) in [6.45, 7) is 5.58. The molecule has 1 aliphatic rings. The summed E-state index contributed by atoms with van der Waals surface area (Å²) in [6, 6.07) is 0.199. The first kappa shape index (κ1) is 12.3. The third-order valence-electron chi connectivity index (χ3n) is 2.44. The summed E-state index contributed by atoms with van der Waals surface area (Å²) in [5, 5.41) is 2.86. The van der Waals surface area contributed by atoms with Crippen LogP contribution in [0.2, 0.25) is 0 Å². The molecule has 1 N–H and O–H groups in total. The van der Waals surface area contributed by atoms with Crippen LogP contribution >= 0.6 is 0 Å². The molecule has 0 aliphatic heterocycles. The van der Waals surface area contributed by atoms with Gasteiger partial charge in [-0.15, -0.1) is 0 Å². The molecule has 1 amide bonds. The Bertz CT molecular complexity index is 222. The molecule has 88 valence electrons. The lowest BCUT2D eigenvalue weighted by molar-refractivity contribution is 0.0497. The number of amides is 1. The quantitative estimate of drug-likeness (QED) is 0.767. The van der Waals surface area contributed by atoms with Crippen molar-refractivity contribution < 1.29 is 14.3 Å². The van der Waals surface area contributed by atoms with Crippen LogP contribution < -0.4 is 5.32 Å². The highest BCUT2D eigenvalue weighted by atomic mass is 16.6. The SMILES string of the molecule is CO[C@@H]1CC[C@H](NC(=O)OC(C)(C)C)C1. The van der Waals surface area contributed by atoms with E-state index in [1.807, 2.05) is 20.8 Å². The molecular formula is C11H21NO3. The van der Waals surface area contributed by atoms with Crippen LogP contribution in [0.15, 0.2) is 0 Å². The smallest absolute Gasteiger partial charge is 0.407 e. The molecule has 0 radical (unpaired) electrons. The van der Waals surface area contributed by atoms with Gasteiger partial charge in [-0.25, -0.2) is 4.79 Å². The zero-order chi connectivity index (χ0) is 11.5. The Kier molecular flexibility index (Phi) is 3.97. The van der Waals surface area contributed by atoms with E-state index in [1.165, 1.54) is 0 Å². The predicted molar refractivity (Wildman–Crippen MR) is 57.8 cm³/mol. The van der Waals surface area contributed by atoms with Gasteiger partial charge in [0.1, 0.15) is 5.60 Å². The van der Waals surface area contributed by atoms with E-state index in [9.17, 15) is 4.79 Å². The van der Waals surface area contributed by atoms with Crippen LogP contribution in [0.3, 0.4) is 0 Å². The van der Waals surface area contributed by atoms with Crippen LogP contribution in [0.25, 0.3) is 0 Å². The topological polar surface area (TPSA) is 47.6 Å². The number of ether oxygens (including phenoxy) is 2. The van der Waals surface area contributed by atoms with Crippen LogP contribution in [0, 0.1) is 0 Å². The van der Waals surface area contributed by atoms with Gasteiger partial charge in [-0.3, -0.25) is 0 Å². The fourth-order valence-electron chi connectivity index (χ4n) is 1.76. The number of rotatable bonds is 2. The number of nitrogens with one attached hydrogen (secondary N) is 1. The minimum atomic E-state index is -0.427. The zero-order valence-electron chi connectivity index (χ0n) is 10.0. The van der Waals surface area contributed by atoms with E-state index >= 15 is 0 Å². The minimum Gasteiger partial charge on any atom is -0.444 e. The summed E-state index contributed by atoms with van der Waals surface area (Å²) in [5.41, 5.74) is -0.427. The van der Waals surface area contributed by atoms with E-state index in [0.29, 0.717) is 0 Å². The van der Waals surface area contributed by atoms with Crippen molar-refractivity contribution in [3.8, 4) is 0 Å². The number of hydrogen-bond acceptors (Lipinski definition) is 3. The molecule has 0 unspecified atom stereocenters. The lowest BCUT2D eigenvalue weighted by Gasteiger charge is -2.21. The van der Waals surface area contributed by atoms with Crippen molar-refractivity contribution in [3.63, 3.8) is 0 Å². The highest BCUT2D eigenvalue weighted by Gasteiger charge is 2.27. The minimum absolute atomic E-state index is 0.199. The normalized spacial score (nSPS) is 26.4. The first-order valence-corrected chi connectivity index (χ1v) is 5.43. The molecule has 4 nitrogen and oxygen atoms in total. The summed E-state index contributed by atoms with van der Waals surface area (Å²) in [6.07, 6.45) is 2.82. The second-order valence-electron chi connectivity index (χ2n) is 5.01. The van der Waals surface area contributed by atoms with Gasteiger partial charge < -0.3 is 14.8 Å². The lowest BCUT2D eigenvalue weighted by atomic mass is 10.2. The molecule has 15 heavy (non-hydrogen) atoms. The van der Waals surface area contributed by atoms with Gasteiger partial charge in [0, 0.05) is 13.2 Å². The van der Waals surface area contributed by atoms with Crippen LogP contribution in [-0.2, 0) is 9.47 Å². The van der Waals surface area contributed by atoms with Gasteiger partial charge in [0.25, 0.3) is 0 Å². The van der Waals surface area contributed by atoms with Crippen molar-refractivity contribution in [1.82, 2.24) is 5.32 Å². The van der Waals surface area contributed by atoms with E-state index in [1.54, 1.807) is 7.11 Å². The molecule has 0 saturated heterocycles. The molecule has 4 heteroatoms. The fourth-order valence-corrected chi connectivity index (χ4v) is 1.76. The second-order valence-corrected chi connectivity index (χ2v) is 5.01. The third kappa shape index (κ3) is 4.51. The maximum Gasteiger partial charge on any atom is 0.407 e. The predicted octanol–water partition coefficient (Wildman–Crippen LogP) is 2.08. The van der Waals surface area contributed by atoms with Crippen LogP contribution in [0.1, 0.15) is 40.0 Å². The van der Waals surface area contributed by atoms with Gasteiger partial charge >= 0.3 is 6.09 Å². The largest absolute Gasteiger partial charge is 0.444 e. The summed E-state index contributed by atoms with van der Waals surface area (Å²) in [4.78, 5) is 11.4. The Balaban J connectivity index is 2.28. The van der Waals surface area contributed by atoms with E-state index in [-0.39, 0.29) is 18.2 Å². The monoisotopic (exact) mass is 215 g/mol. The molecule has 1 rings (SSSR count). The van der Waals surface area contributed by atoms with Crippen molar-refractivity contribution in [2.45, 2.75) is 57.8 Å². The summed E-state index contributed by atoms with van der Waals surface area (Å²) in [5.74, 6) is 0. The van der Waals surface area contributed by atoms with E-state index < -0.39 is 5.60 Å². The maximum absolute atomic E-state index is 11.4. The fraction of sp³-hybridized carbons (Fsp3) is 0.909. The van der Waals surface area contributed by atoms with Gasteiger partial charge in [-0.2, -0.15) is 0 Å². The molecular weight excluding hydrogens is 194 g/mol.